The zero-order valence-electron chi connectivity index (χ0n) is 16.4. The molecule has 1 fully saturated rings. The van der Waals surface area contributed by atoms with Crippen LogP contribution >= 0.6 is 0 Å². The second kappa shape index (κ2) is 7.34. The van der Waals surface area contributed by atoms with Crippen LogP contribution in [0.1, 0.15) is 43.4 Å². The smallest absolute Gasteiger partial charge is 0.338 e. The summed E-state index contributed by atoms with van der Waals surface area (Å²) < 4.78 is 6.68. The van der Waals surface area contributed by atoms with Crippen LogP contribution in [-0.4, -0.2) is 52.9 Å². The summed E-state index contributed by atoms with van der Waals surface area (Å²) in [5, 5.41) is 10.8. The maximum absolute atomic E-state index is 12.6. The highest BCUT2D eigenvalue weighted by atomic mass is 16.5. The van der Waals surface area contributed by atoms with Crippen LogP contribution in [0.25, 0.3) is 5.57 Å². The Bertz CT molecular complexity index is 922. The second-order valence-corrected chi connectivity index (χ2v) is 7.45. The molecule has 6 nitrogen and oxygen atoms in total. The van der Waals surface area contributed by atoms with Crippen molar-refractivity contribution in [2.45, 2.75) is 38.7 Å². The molecule has 0 amide bonds. The number of aliphatic hydroxyl groups is 1. The van der Waals surface area contributed by atoms with Crippen molar-refractivity contribution in [3.63, 3.8) is 0 Å². The van der Waals surface area contributed by atoms with Gasteiger partial charge in [0.1, 0.15) is 5.60 Å². The van der Waals surface area contributed by atoms with Gasteiger partial charge >= 0.3 is 5.97 Å². The molecule has 1 aromatic rings. The lowest BCUT2D eigenvalue weighted by Crippen LogP contribution is -2.41. The number of aromatic nitrogens is 1. The third-order valence-corrected chi connectivity index (χ3v) is 5.31. The van der Waals surface area contributed by atoms with E-state index in [1.807, 2.05) is 14.0 Å². The molecule has 1 aromatic heterocycles. The minimum absolute atomic E-state index is 0.132. The number of likely N-dealkylation sites (tertiary alicyclic amines) is 1. The lowest BCUT2D eigenvalue weighted by molar-refractivity contribution is -0.136. The third kappa shape index (κ3) is 3.71. The van der Waals surface area contributed by atoms with Crippen molar-refractivity contribution in [3.05, 3.63) is 38.8 Å². The van der Waals surface area contributed by atoms with E-state index in [-0.39, 0.29) is 12.2 Å². The average molecular weight is 370 g/mol. The molecule has 0 aromatic carbocycles. The molecule has 0 atom stereocenters. The predicted molar refractivity (Wildman–Crippen MR) is 103 cm³/mol. The highest BCUT2D eigenvalue weighted by molar-refractivity contribution is 6.19. The molecule has 6 heteroatoms. The van der Waals surface area contributed by atoms with E-state index < -0.39 is 11.6 Å². The predicted octanol–water partition coefficient (Wildman–Crippen LogP) is 1.09. The van der Waals surface area contributed by atoms with Crippen LogP contribution < -0.4 is 5.56 Å². The number of piperidine rings is 1. The zero-order chi connectivity index (χ0) is 19.8. The number of nitrogens with zero attached hydrogens (tertiary/aromatic N) is 2. The van der Waals surface area contributed by atoms with Crippen molar-refractivity contribution in [3.8, 4) is 11.8 Å². The Labute approximate surface area is 159 Å². The second-order valence-electron chi connectivity index (χ2n) is 7.45. The number of carbonyl (C=O) groups is 1. The fraction of sp³-hybridized carbons (Fsp3) is 0.524. The molecule has 2 heterocycles. The maximum Gasteiger partial charge on any atom is 0.338 e. The molecule has 3 rings (SSSR count). The fourth-order valence-electron chi connectivity index (χ4n) is 3.69. The van der Waals surface area contributed by atoms with Gasteiger partial charge in [0.05, 0.1) is 12.2 Å². The van der Waals surface area contributed by atoms with Gasteiger partial charge in [0.2, 0.25) is 0 Å². The third-order valence-electron chi connectivity index (χ3n) is 5.31. The van der Waals surface area contributed by atoms with Crippen molar-refractivity contribution in [1.29, 1.82) is 0 Å². The van der Waals surface area contributed by atoms with Gasteiger partial charge in [-0.05, 0) is 20.9 Å². The first-order chi connectivity index (χ1) is 12.8. The van der Waals surface area contributed by atoms with E-state index >= 15 is 0 Å². The van der Waals surface area contributed by atoms with Gasteiger partial charge in [-0.3, -0.25) is 4.79 Å². The Hall–Kier alpha value is -2.36. The zero-order valence-corrected chi connectivity index (χ0v) is 16.4. The van der Waals surface area contributed by atoms with E-state index in [0.717, 1.165) is 18.7 Å². The Morgan fingerprint density at radius 1 is 1.33 bits per heavy atom. The van der Waals surface area contributed by atoms with Gasteiger partial charge in [-0.2, -0.15) is 0 Å². The molecule has 27 heavy (non-hydrogen) atoms. The van der Waals surface area contributed by atoms with Crippen LogP contribution in [0.4, 0.5) is 0 Å². The number of hydrogen-bond acceptors (Lipinski definition) is 5. The molecular formula is C21H26N2O4. The normalized spacial score (nSPS) is 18.7. The summed E-state index contributed by atoms with van der Waals surface area (Å²) in [5.41, 5.74) is 1.79. The summed E-state index contributed by atoms with van der Waals surface area (Å²) >= 11 is 0. The van der Waals surface area contributed by atoms with E-state index in [0.29, 0.717) is 41.5 Å². The van der Waals surface area contributed by atoms with Crippen LogP contribution in [0.2, 0.25) is 0 Å². The van der Waals surface area contributed by atoms with Crippen molar-refractivity contribution < 1.29 is 14.6 Å². The first-order valence-electron chi connectivity index (χ1n) is 9.29. The molecule has 144 valence electrons. The number of aryl methyl sites for hydroxylation is 1. The molecule has 0 radical (unpaired) electrons. The summed E-state index contributed by atoms with van der Waals surface area (Å²) in [5.74, 6) is 5.64. The average Bonchev–Trinajstić information content (AvgIpc) is 2.98. The van der Waals surface area contributed by atoms with Crippen molar-refractivity contribution >= 4 is 11.5 Å². The Morgan fingerprint density at radius 3 is 2.63 bits per heavy atom. The van der Waals surface area contributed by atoms with E-state index in [1.54, 1.807) is 20.2 Å². The fourth-order valence-corrected chi connectivity index (χ4v) is 3.69. The maximum atomic E-state index is 12.6. The molecule has 0 unspecified atom stereocenters. The number of ether oxygens (including phenoxy) is 1. The number of fused-ring (bicyclic) bond motifs is 1. The van der Waals surface area contributed by atoms with E-state index in [2.05, 4.69) is 16.7 Å². The van der Waals surface area contributed by atoms with Crippen molar-refractivity contribution in [2.75, 3.05) is 26.7 Å². The van der Waals surface area contributed by atoms with Crippen LogP contribution in [0.15, 0.2) is 16.6 Å². The Morgan fingerprint density at radius 2 is 2.00 bits per heavy atom. The van der Waals surface area contributed by atoms with Gasteiger partial charge in [0.15, 0.2) is 0 Å². The summed E-state index contributed by atoms with van der Waals surface area (Å²) in [7, 11) is 3.70. The lowest BCUT2D eigenvalue weighted by Gasteiger charge is -2.32. The molecule has 0 bridgehead atoms. The van der Waals surface area contributed by atoms with E-state index in [9.17, 15) is 14.7 Å². The summed E-state index contributed by atoms with van der Waals surface area (Å²) in [4.78, 5) is 27.2. The number of pyridine rings is 1. The van der Waals surface area contributed by atoms with E-state index in [1.165, 1.54) is 4.57 Å². The van der Waals surface area contributed by atoms with Crippen molar-refractivity contribution in [2.24, 2.45) is 7.05 Å². The topological polar surface area (TPSA) is 71.8 Å². The first-order valence-corrected chi connectivity index (χ1v) is 9.29. The van der Waals surface area contributed by atoms with Crippen molar-refractivity contribution in [1.82, 2.24) is 9.47 Å². The minimum Gasteiger partial charge on any atom is -0.462 e. The number of rotatable bonds is 2. The van der Waals surface area contributed by atoms with Gasteiger partial charge in [0.25, 0.3) is 5.56 Å². The number of allylic oxidation sites excluding steroid dienone is 1. The molecule has 1 aliphatic heterocycles. The minimum atomic E-state index is -1.05. The van der Waals surface area contributed by atoms with Crippen LogP contribution in [0.5, 0.6) is 0 Å². The van der Waals surface area contributed by atoms with Crippen LogP contribution in [-0.2, 0) is 23.0 Å². The van der Waals surface area contributed by atoms with Gasteiger partial charge in [0, 0.05) is 62.3 Å². The number of carbonyl (C=O) groups excluding carboxylic acids is 1. The molecule has 1 saturated heterocycles. The quantitative estimate of drug-likeness (QED) is 0.623. The highest BCUT2D eigenvalue weighted by Crippen LogP contribution is 2.34. The van der Waals surface area contributed by atoms with Gasteiger partial charge in [-0.25, -0.2) is 4.79 Å². The van der Waals surface area contributed by atoms with Gasteiger partial charge in [-0.15, -0.1) is 0 Å². The summed E-state index contributed by atoms with van der Waals surface area (Å²) in [6, 6.07) is 0. The van der Waals surface area contributed by atoms with E-state index in [4.69, 9.17) is 4.74 Å². The monoisotopic (exact) mass is 370 g/mol. The largest absolute Gasteiger partial charge is 0.462 e. The lowest BCUT2D eigenvalue weighted by atomic mass is 9.91. The molecule has 1 N–H and O–H groups in total. The van der Waals surface area contributed by atoms with Crippen LogP contribution in [0.3, 0.4) is 0 Å². The Balaban J connectivity index is 2.08. The highest BCUT2D eigenvalue weighted by Gasteiger charge is 2.32. The first kappa shape index (κ1) is 19.4. The number of esters is 1. The summed E-state index contributed by atoms with van der Waals surface area (Å²) in [6.07, 6.45) is 3.21. The van der Waals surface area contributed by atoms with Gasteiger partial charge in [-0.1, -0.05) is 17.4 Å². The van der Waals surface area contributed by atoms with Crippen LogP contribution in [0, 0.1) is 11.8 Å². The molecule has 0 saturated carbocycles. The van der Waals surface area contributed by atoms with Gasteiger partial charge < -0.3 is 19.3 Å². The Kier molecular flexibility index (Phi) is 5.27. The molecular weight excluding hydrogens is 344 g/mol. The number of hydrogen-bond donors (Lipinski definition) is 1. The summed E-state index contributed by atoms with van der Waals surface area (Å²) in [6.45, 7) is 5.43. The molecule has 2 aliphatic rings. The molecule has 1 aliphatic carbocycles. The standard InChI is InChI=1S/C21H26N2O4/c1-5-27-20(25)17-14(2)12-16-18(17)15(13-23(4)19(16)24)6-7-21(26)8-10-22(3)11-9-21/h13,26H,5,8-12H2,1-4H3. The SMILES string of the molecule is CCOC(=O)C1=C(C)Cc2c1c(C#CC1(O)CCN(C)CC1)cn(C)c2=O. The molecule has 0 spiro atoms.